The predicted molar refractivity (Wildman–Crippen MR) is 130 cm³/mol. The molecule has 0 aliphatic carbocycles. The minimum Gasteiger partial charge on any atom is -0.491 e. The lowest BCUT2D eigenvalue weighted by Gasteiger charge is -2.21. The number of halogens is 1. The van der Waals surface area contributed by atoms with Crippen molar-refractivity contribution < 1.29 is 19.0 Å². The number of hydrogen-bond donors (Lipinski definition) is 1. The van der Waals surface area contributed by atoms with Crippen molar-refractivity contribution in [3.63, 3.8) is 0 Å². The van der Waals surface area contributed by atoms with E-state index < -0.39 is 5.97 Å². The van der Waals surface area contributed by atoms with Crippen molar-refractivity contribution in [2.75, 3.05) is 6.61 Å². The van der Waals surface area contributed by atoms with Crippen LogP contribution in [0.1, 0.15) is 96.0 Å². The molecule has 0 amide bonds. The van der Waals surface area contributed by atoms with Gasteiger partial charge in [0.2, 0.25) is 0 Å². The van der Waals surface area contributed by atoms with E-state index in [1.807, 2.05) is 24.3 Å². The fraction of sp³-hybridized carbons (Fsp3) is 0.536. The van der Waals surface area contributed by atoms with Crippen molar-refractivity contribution in [1.82, 2.24) is 0 Å². The molecule has 0 saturated carbocycles. The van der Waals surface area contributed by atoms with E-state index in [1.54, 1.807) is 12.1 Å². The van der Waals surface area contributed by atoms with Gasteiger partial charge in [-0.2, -0.15) is 0 Å². The molecule has 1 atom stereocenters. The smallest absolute Gasteiger partial charge is 0.303 e. The van der Waals surface area contributed by atoms with E-state index in [0.717, 1.165) is 55.2 Å². The second-order valence-corrected chi connectivity index (χ2v) is 8.62. The molecule has 0 aliphatic rings. The molecule has 4 heteroatoms. The second-order valence-electron chi connectivity index (χ2n) is 8.62. The highest BCUT2D eigenvalue weighted by molar-refractivity contribution is 5.70. The zero-order valence-corrected chi connectivity index (χ0v) is 19.7. The topological polar surface area (TPSA) is 46.5 Å². The van der Waals surface area contributed by atoms with Crippen LogP contribution in [0, 0.1) is 5.82 Å². The van der Waals surface area contributed by atoms with Crippen LogP contribution in [0.5, 0.6) is 5.75 Å². The average molecular weight is 443 g/mol. The summed E-state index contributed by atoms with van der Waals surface area (Å²) < 4.78 is 20.5. The third-order valence-corrected chi connectivity index (χ3v) is 6.01. The minimum absolute atomic E-state index is 0.143. The maximum Gasteiger partial charge on any atom is 0.303 e. The zero-order chi connectivity index (χ0) is 23.2. The zero-order valence-electron chi connectivity index (χ0n) is 19.7. The van der Waals surface area contributed by atoms with Gasteiger partial charge >= 0.3 is 5.97 Å². The quantitative estimate of drug-likeness (QED) is 0.266. The van der Waals surface area contributed by atoms with Crippen LogP contribution in [-0.4, -0.2) is 17.7 Å². The van der Waals surface area contributed by atoms with E-state index in [9.17, 15) is 14.3 Å². The van der Waals surface area contributed by atoms with Crippen LogP contribution in [0.2, 0.25) is 0 Å². The number of hydrogen-bond acceptors (Lipinski definition) is 2. The Morgan fingerprint density at radius 2 is 1.66 bits per heavy atom. The molecule has 2 rings (SSSR count). The molecule has 176 valence electrons. The SMILES string of the molecule is CCCCCCCOc1ccc(-c2ccccc2C(CCCCC)CCC(=O)O)cc1F. The summed E-state index contributed by atoms with van der Waals surface area (Å²) in [5, 5.41) is 9.20. The Bertz CT molecular complexity index is 818. The van der Waals surface area contributed by atoms with Crippen LogP contribution in [0.3, 0.4) is 0 Å². The number of carbonyl (C=O) groups is 1. The summed E-state index contributed by atoms with van der Waals surface area (Å²) in [4.78, 5) is 11.2. The molecule has 0 aliphatic heterocycles. The fourth-order valence-electron chi connectivity index (χ4n) is 4.18. The number of unbranched alkanes of at least 4 members (excludes halogenated alkanes) is 6. The molecule has 0 fully saturated rings. The van der Waals surface area contributed by atoms with E-state index in [0.29, 0.717) is 18.8 Å². The third-order valence-electron chi connectivity index (χ3n) is 6.01. The molecule has 0 aromatic heterocycles. The molecule has 1 N–H and O–H groups in total. The van der Waals surface area contributed by atoms with Gasteiger partial charge in [0.1, 0.15) is 0 Å². The van der Waals surface area contributed by atoms with Crippen LogP contribution in [0.25, 0.3) is 11.1 Å². The third kappa shape index (κ3) is 8.64. The summed E-state index contributed by atoms with van der Waals surface area (Å²) in [6, 6.07) is 13.2. The van der Waals surface area contributed by atoms with Gasteiger partial charge in [-0.3, -0.25) is 4.79 Å². The maximum atomic E-state index is 14.8. The Labute approximate surface area is 193 Å². The molecule has 0 heterocycles. The van der Waals surface area contributed by atoms with Gasteiger partial charge in [0.05, 0.1) is 6.61 Å². The molecule has 3 nitrogen and oxygen atoms in total. The number of ether oxygens (including phenoxy) is 1. The normalized spacial score (nSPS) is 12.0. The first kappa shape index (κ1) is 25.9. The molecular formula is C28H39FO3. The molecule has 0 radical (unpaired) electrons. The molecular weight excluding hydrogens is 403 g/mol. The van der Waals surface area contributed by atoms with E-state index >= 15 is 0 Å². The monoisotopic (exact) mass is 442 g/mol. The summed E-state index contributed by atoms with van der Waals surface area (Å²) >= 11 is 0. The van der Waals surface area contributed by atoms with Crippen LogP contribution >= 0.6 is 0 Å². The number of rotatable bonds is 16. The lowest BCUT2D eigenvalue weighted by atomic mass is 9.84. The van der Waals surface area contributed by atoms with Gasteiger partial charge in [-0.15, -0.1) is 0 Å². The van der Waals surface area contributed by atoms with Crippen molar-refractivity contribution in [2.24, 2.45) is 0 Å². The highest BCUT2D eigenvalue weighted by Crippen LogP contribution is 2.36. The van der Waals surface area contributed by atoms with Gasteiger partial charge in [0, 0.05) is 6.42 Å². The highest BCUT2D eigenvalue weighted by atomic mass is 19.1. The van der Waals surface area contributed by atoms with Gasteiger partial charge in [-0.05, 0) is 54.0 Å². The number of benzene rings is 2. The van der Waals surface area contributed by atoms with Crippen LogP contribution in [0.15, 0.2) is 42.5 Å². The number of aliphatic carboxylic acids is 1. The highest BCUT2D eigenvalue weighted by Gasteiger charge is 2.18. The van der Waals surface area contributed by atoms with Gasteiger partial charge in [-0.1, -0.05) is 89.1 Å². The Morgan fingerprint density at radius 3 is 2.38 bits per heavy atom. The van der Waals surface area contributed by atoms with Gasteiger partial charge < -0.3 is 9.84 Å². The summed E-state index contributed by atoms with van der Waals surface area (Å²) in [7, 11) is 0. The van der Waals surface area contributed by atoms with E-state index in [4.69, 9.17) is 4.74 Å². The largest absolute Gasteiger partial charge is 0.491 e. The van der Waals surface area contributed by atoms with Gasteiger partial charge in [-0.25, -0.2) is 4.39 Å². The standard InChI is InChI=1S/C28H39FO3/c1-3-5-7-8-12-20-32-27-18-16-23(21-26(27)29)25-15-11-10-14-24(25)22(13-9-6-4-2)17-19-28(30)31/h10-11,14-16,18,21-22H,3-9,12-13,17,19-20H2,1-2H3,(H,30,31). The average Bonchev–Trinajstić information content (AvgIpc) is 2.79. The predicted octanol–water partition coefficient (Wildman–Crippen LogP) is 8.37. The lowest BCUT2D eigenvalue weighted by molar-refractivity contribution is -0.137. The molecule has 1 unspecified atom stereocenters. The summed E-state index contributed by atoms with van der Waals surface area (Å²) in [6.07, 6.45) is 10.7. The maximum absolute atomic E-state index is 14.8. The molecule has 2 aromatic rings. The Morgan fingerprint density at radius 1 is 0.938 bits per heavy atom. The molecule has 0 bridgehead atoms. The number of carboxylic acids is 1. The second kappa shape index (κ2) is 14.7. The van der Waals surface area contributed by atoms with E-state index in [2.05, 4.69) is 19.9 Å². The summed E-state index contributed by atoms with van der Waals surface area (Å²) in [6.45, 7) is 4.88. The lowest BCUT2D eigenvalue weighted by Crippen LogP contribution is -2.05. The molecule has 32 heavy (non-hydrogen) atoms. The molecule has 2 aromatic carbocycles. The van der Waals surface area contributed by atoms with Crippen molar-refractivity contribution in [2.45, 2.75) is 90.4 Å². The summed E-state index contributed by atoms with van der Waals surface area (Å²) in [5.74, 6) is -0.674. The van der Waals surface area contributed by atoms with Gasteiger partial charge in [0.25, 0.3) is 0 Å². The van der Waals surface area contributed by atoms with Crippen LogP contribution < -0.4 is 4.74 Å². The van der Waals surface area contributed by atoms with Gasteiger partial charge in [0.15, 0.2) is 11.6 Å². The van der Waals surface area contributed by atoms with E-state index in [1.165, 1.54) is 19.3 Å². The summed E-state index contributed by atoms with van der Waals surface area (Å²) in [5.41, 5.74) is 2.89. The Kier molecular flexibility index (Phi) is 11.9. The first-order valence-electron chi connectivity index (χ1n) is 12.3. The van der Waals surface area contributed by atoms with Crippen LogP contribution in [-0.2, 0) is 4.79 Å². The first-order valence-corrected chi connectivity index (χ1v) is 12.3. The fourth-order valence-corrected chi connectivity index (χ4v) is 4.18. The first-order chi connectivity index (χ1) is 15.6. The molecule has 0 saturated heterocycles. The molecule has 0 spiro atoms. The Hall–Kier alpha value is -2.36. The minimum atomic E-state index is -0.773. The number of carboxylic acid groups (broad SMARTS) is 1. The van der Waals surface area contributed by atoms with Crippen molar-refractivity contribution in [3.05, 3.63) is 53.8 Å². The van der Waals surface area contributed by atoms with Crippen LogP contribution in [0.4, 0.5) is 4.39 Å². The van der Waals surface area contributed by atoms with E-state index in [-0.39, 0.29) is 18.2 Å². The van der Waals surface area contributed by atoms with Crippen molar-refractivity contribution in [1.29, 1.82) is 0 Å². The van der Waals surface area contributed by atoms with Crippen molar-refractivity contribution >= 4 is 5.97 Å². The van der Waals surface area contributed by atoms with Crippen molar-refractivity contribution in [3.8, 4) is 16.9 Å². The Balaban J connectivity index is 2.14.